The maximum Gasteiger partial charge on any atom is 0.109 e. The maximum absolute atomic E-state index is 10.0. The maximum atomic E-state index is 10.0. The number of likely N-dealkylation sites (tertiary alicyclic amines) is 1. The molecule has 1 saturated heterocycles. The van der Waals surface area contributed by atoms with E-state index >= 15 is 0 Å². The number of nitrogens with zero attached hydrogens (tertiary/aromatic N) is 1. The summed E-state index contributed by atoms with van der Waals surface area (Å²) in [6, 6.07) is 0. The van der Waals surface area contributed by atoms with Crippen molar-refractivity contribution in [2.75, 3.05) is 19.7 Å². The first-order valence-corrected chi connectivity index (χ1v) is 5.93. The summed E-state index contributed by atoms with van der Waals surface area (Å²) in [5, 5.41) is 38.9. The zero-order valence-electron chi connectivity index (χ0n) is 10.0. The molecular weight excluding hydrogens is 210 g/mol. The minimum Gasteiger partial charge on any atom is -0.394 e. The average molecular weight is 233 g/mol. The van der Waals surface area contributed by atoms with E-state index in [2.05, 4.69) is 0 Å². The van der Waals surface area contributed by atoms with Gasteiger partial charge in [0.05, 0.1) is 18.2 Å². The number of β-amino-alcohol motifs (C(OH)–C–C–N with tert-alkyl or cyclic N) is 1. The lowest BCUT2D eigenvalue weighted by Crippen LogP contribution is -2.70. The quantitative estimate of drug-likeness (QED) is 0.497. The normalized spacial score (nSPS) is 41.2. The van der Waals surface area contributed by atoms with Crippen LogP contribution in [0.3, 0.4) is 0 Å². The third-order valence-corrected chi connectivity index (χ3v) is 3.69. The van der Waals surface area contributed by atoms with Crippen molar-refractivity contribution in [2.45, 2.75) is 50.5 Å². The molecule has 16 heavy (non-hydrogen) atoms. The van der Waals surface area contributed by atoms with Crippen molar-refractivity contribution in [3.63, 3.8) is 0 Å². The van der Waals surface area contributed by atoms with Crippen molar-refractivity contribution < 1.29 is 20.4 Å². The van der Waals surface area contributed by atoms with Crippen LogP contribution in [0, 0.1) is 0 Å². The van der Waals surface area contributed by atoms with Gasteiger partial charge in [0.25, 0.3) is 0 Å². The van der Waals surface area contributed by atoms with E-state index in [0.29, 0.717) is 19.5 Å². The first-order valence-electron chi connectivity index (χ1n) is 5.93. The summed E-state index contributed by atoms with van der Waals surface area (Å²) in [6.45, 7) is 4.64. The smallest absolute Gasteiger partial charge is 0.109 e. The Hall–Kier alpha value is -0.200. The Kier molecular flexibility index (Phi) is 4.70. The van der Waals surface area contributed by atoms with Crippen molar-refractivity contribution in [1.82, 2.24) is 4.90 Å². The number of hydrogen-bond donors (Lipinski definition) is 4. The standard InChI is InChI=1S/C11H23NO4/c1-3-5-12-6-8(14)9(15)10(16)11(12,4-2)7-13/h8-10,13-16H,3-7H2,1-2H3/t8-,9+,10-,11+/m0/s1. The lowest BCUT2D eigenvalue weighted by molar-refractivity contribution is -0.188. The summed E-state index contributed by atoms with van der Waals surface area (Å²) < 4.78 is 0. The van der Waals surface area contributed by atoms with Crippen molar-refractivity contribution >= 4 is 0 Å². The molecule has 0 saturated carbocycles. The summed E-state index contributed by atoms with van der Waals surface area (Å²) >= 11 is 0. The number of aliphatic hydroxyl groups is 4. The summed E-state index contributed by atoms with van der Waals surface area (Å²) in [6.07, 6.45) is -1.84. The van der Waals surface area contributed by atoms with Crippen LogP contribution < -0.4 is 0 Å². The first kappa shape index (κ1) is 13.9. The van der Waals surface area contributed by atoms with Gasteiger partial charge in [0.2, 0.25) is 0 Å². The molecule has 0 aromatic carbocycles. The molecule has 4 N–H and O–H groups in total. The zero-order valence-corrected chi connectivity index (χ0v) is 10.0. The Balaban J connectivity index is 2.96. The van der Waals surface area contributed by atoms with Gasteiger partial charge in [0.15, 0.2) is 0 Å². The van der Waals surface area contributed by atoms with Gasteiger partial charge in [-0.1, -0.05) is 13.8 Å². The molecule has 5 nitrogen and oxygen atoms in total. The van der Waals surface area contributed by atoms with Gasteiger partial charge in [0, 0.05) is 6.54 Å². The second-order valence-electron chi connectivity index (χ2n) is 4.56. The molecule has 0 unspecified atom stereocenters. The van der Waals surface area contributed by atoms with Crippen LogP contribution in [0.15, 0.2) is 0 Å². The van der Waals surface area contributed by atoms with E-state index in [-0.39, 0.29) is 6.61 Å². The van der Waals surface area contributed by atoms with Gasteiger partial charge >= 0.3 is 0 Å². The largest absolute Gasteiger partial charge is 0.394 e. The topological polar surface area (TPSA) is 84.2 Å². The molecule has 1 aliphatic heterocycles. The highest BCUT2D eigenvalue weighted by Crippen LogP contribution is 2.31. The molecule has 0 amide bonds. The molecule has 0 bridgehead atoms. The molecule has 5 heteroatoms. The van der Waals surface area contributed by atoms with Crippen LogP contribution in [0.2, 0.25) is 0 Å². The third kappa shape index (κ3) is 2.10. The Morgan fingerprint density at radius 3 is 2.31 bits per heavy atom. The molecule has 0 aromatic heterocycles. The molecule has 0 aromatic rings. The van der Waals surface area contributed by atoms with Crippen LogP contribution in [-0.2, 0) is 0 Å². The van der Waals surface area contributed by atoms with Crippen molar-refractivity contribution in [2.24, 2.45) is 0 Å². The molecule has 1 fully saturated rings. The summed E-state index contributed by atoms with van der Waals surface area (Å²) in [5.41, 5.74) is -0.825. The number of rotatable bonds is 4. The first-order chi connectivity index (χ1) is 7.53. The van der Waals surface area contributed by atoms with Crippen LogP contribution in [0.4, 0.5) is 0 Å². The van der Waals surface area contributed by atoms with Crippen molar-refractivity contribution in [1.29, 1.82) is 0 Å². The predicted molar refractivity (Wildman–Crippen MR) is 60.0 cm³/mol. The van der Waals surface area contributed by atoms with Crippen LogP contribution in [0.1, 0.15) is 26.7 Å². The Labute approximate surface area is 96.3 Å². The molecule has 0 aliphatic carbocycles. The second-order valence-corrected chi connectivity index (χ2v) is 4.56. The fraction of sp³-hybridized carbons (Fsp3) is 1.00. The number of hydrogen-bond acceptors (Lipinski definition) is 5. The highest BCUT2D eigenvalue weighted by atomic mass is 16.4. The highest BCUT2D eigenvalue weighted by Gasteiger charge is 2.50. The lowest BCUT2D eigenvalue weighted by Gasteiger charge is -2.52. The van der Waals surface area contributed by atoms with Gasteiger partial charge < -0.3 is 20.4 Å². The fourth-order valence-electron chi connectivity index (χ4n) is 2.55. The zero-order chi connectivity index (χ0) is 12.3. The number of aliphatic hydroxyl groups excluding tert-OH is 4. The molecule has 0 spiro atoms. The van der Waals surface area contributed by atoms with E-state index in [9.17, 15) is 20.4 Å². The molecule has 4 atom stereocenters. The van der Waals surface area contributed by atoms with Crippen LogP contribution in [0.5, 0.6) is 0 Å². The van der Waals surface area contributed by atoms with Crippen LogP contribution in [0.25, 0.3) is 0 Å². The molecule has 0 radical (unpaired) electrons. The van der Waals surface area contributed by atoms with E-state index in [0.717, 1.165) is 6.42 Å². The number of piperidine rings is 1. The van der Waals surface area contributed by atoms with Crippen molar-refractivity contribution in [3.05, 3.63) is 0 Å². The fourth-order valence-corrected chi connectivity index (χ4v) is 2.55. The second kappa shape index (κ2) is 5.42. The minimum absolute atomic E-state index is 0.214. The van der Waals surface area contributed by atoms with Gasteiger partial charge in [0.1, 0.15) is 12.2 Å². The molecule has 1 heterocycles. The van der Waals surface area contributed by atoms with Crippen LogP contribution in [-0.4, -0.2) is 68.9 Å². The SMILES string of the molecule is CCCN1C[C@H](O)[C@@H](O)[C@H](O)[C@@]1(CC)CO. The van der Waals surface area contributed by atoms with E-state index < -0.39 is 23.9 Å². The summed E-state index contributed by atoms with van der Waals surface area (Å²) in [7, 11) is 0. The van der Waals surface area contributed by atoms with Gasteiger partial charge in [-0.25, -0.2) is 0 Å². The van der Waals surface area contributed by atoms with Gasteiger partial charge in [-0.3, -0.25) is 4.90 Å². The summed E-state index contributed by atoms with van der Waals surface area (Å²) in [5.74, 6) is 0. The Morgan fingerprint density at radius 1 is 1.25 bits per heavy atom. The van der Waals surface area contributed by atoms with Gasteiger partial charge in [-0.05, 0) is 19.4 Å². The average Bonchev–Trinajstić information content (AvgIpc) is 2.28. The van der Waals surface area contributed by atoms with E-state index in [4.69, 9.17) is 0 Å². The van der Waals surface area contributed by atoms with E-state index in [1.165, 1.54) is 0 Å². The summed E-state index contributed by atoms with van der Waals surface area (Å²) in [4.78, 5) is 1.88. The van der Waals surface area contributed by atoms with Crippen molar-refractivity contribution in [3.8, 4) is 0 Å². The molecule has 1 aliphatic rings. The Morgan fingerprint density at radius 2 is 1.88 bits per heavy atom. The van der Waals surface area contributed by atoms with E-state index in [1.54, 1.807) is 0 Å². The molecular formula is C11H23NO4. The van der Waals surface area contributed by atoms with E-state index in [1.807, 2.05) is 18.7 Å². The molecule has 96 valence electrons. The monoisotopic (exact) mass is 233 g/mol. The van der Waals surface area contributed by atoms with Gasteiger partial charge in [-0.2, -0.15) is 0 Å². The Bertz CT molecular complexity index is 220. The van der Waals surface area contributed by atoms with Gasteiger partial charge in [-0.15, -0.1) is 0 Å². The third-order valence-electron chi connectivity index (χ3n) is 3.69. The highest BCUT2D eigenvalue weighted by molar-refractivity contribution is 5.05. The molecule has 1 rings (SSSR count). The van der Waals surface area contributed by atoms with Crippen LogP contribution >= 0.6 is 0 Å². The minimum atomic E-state index is -1.18. The lowest BCUT2D eigenvalue weighted by atomic mass is 9.79. The predicted octanol–water partition coefficient (Wildman–Crippen LogP) is -1.06.